The highest BCUT2D eigenvalue weighted by Gasteiger charge is 2.37. The summed E-state index contributed by atoms with van der Waals surface area (Å²) in [4.78, 5) is 0. The molecule has 1 aliphatic carbocycles. The number of sulfone groups is 1. The van der Waals surface area contributed by atoms with Crippen LogP contribution in [0, 0.1) is 5.92 Å². The molecular formula is C11H20O3S. The predicted octanol–water partition coefficient (Wildman–Crippen LogP) is 1.77. The fourth-order valence-electron chi connectivity index (χ4n) is 2.81. The molecule has 15 heavy (non-hydrogen) atoms. The molecule has 2 atom stereocenters. The van der Waals surface area contributed by atoms with Crippen molar-refractivity contribution in [3.8, 4) is 0 Å². The predicted molar refractivity (Wildman–Crippen MR) is 59.6 cm³/mol. The Morgan fingerprint density at radius 3 is 2.40 bits per heavy atom. The SMILES string of the molecule is CC1OCCC1S(=O)(=O)CC1CCCC1. The van der Waals surface area contributed by atoms with Crippen LogP contribution in [0.3, 0.4) is 0 Å². The zero-order chi connectivity index (χ0) is 10.9. The molecule has 0 aromatic carbocycles. The molecule has 0 bridgehead atoms. The monoisotopic (exact) mass is 232 g/mol. The highest BCUT2D eigenvalue weighted by Crippen LogP contribution is 2.29. The Kier molecular flexibility index (Phi) is 3.36. The first-order valence-corrected chi connectivity index (χ1v) is 7.64. The van der Waals surface area contributed by atoms with E-state index in [1.165, 1.54) is 12.8 Å². The van der Waals surface area contributed by atoms with E-state index in [4.69, 9.17) is 4.74 Å². The Bertz CT molecular complexity index is 304. The van der Waals surface area contributed by atoms with E-state index in [9.17, 15) is 8.42 Å². The van der Waals surface area contributed by atoms with E-state index in [2.05, 4.69) is 0 Å². The van der Waals surface area contributed by atoms with Crippen molar-refractivity contribution >= 4 is 9.84 Å². The largest absolute Gasteiger partial charge is 0.377 e. The summed E-state index contributed by atoms with van der Waals surface area (Å²) in [5.74, 6) is 0.813. The van der Waals surface area contributed by atoms with E-state index < -0.39 is 9.84 Å². The lowest BCUT2D eigenvalue weighted by Crippen LogP contribution is -2.32. The zero-order valence-electron chi connectivity index (χ0n) is 9.31. The Morgan fingerprint density at radius 1 is 1.20 bits per heavy atom. The average molecular weight is 232 g/mol. The molecule has 2 unspecified atom stereocenters. The highest BCUT2D eigenvalue weighted by molar-refractivity contribution is 7.92. The van der Waals surface area contributed by atoms with Crippen molar-refractivity contribution in [1.82, 2.24) is 0 Å². The van der Waals surface area contributed by atoms with Crippen LogP contribution in [-0.4, -0.2) is 32.1 Å². The first-order valence-electron chi connectivity index (χ1n) is 5.93. The highest BCUT2D eigenvalue weighted by atomic mass is 32.2. The van der Waals surface area contributed by atoms with Gasteiger partial charge >= 0.3 is 0 Å². The van der Waals surface area contributed by atoms with Gasteiger partial charge in [-0.05, 0) is 32.1 Å². The summed E-state index contributed by atoms with van der Waals surface area (Å²) in [7, 11) is -2.92. The van der Waals surface area contributed by atoms with Crippen LogP contribution in [0.2, 0.25) is 0 Å². The standard InChI is InChI=1S/C11H20O3S/c1-9-11(6-7-14-9)15(12,13)8-10-4-2-3-5-10/h9-11H,2-8H2,1H3. The van der Waals surface area contributed by atoms with Crippen LogP contribution in [0.25, 0.3) is 0 Å². The van der Waals surface area contributed by atoms with Crippen molar-refractivity contribution in [1.29, 1.82) is 0 Å². The van der Waals surface area contributed by atoms with Gasteiger partial charge in [0.2, 0.25) is 0 Å². The van der Waals surface area contributed by atoms with Gasteiger partial charge in [-0.1, -0.05) is 12.8 Å². The number of ether oxygens (including phenoxy) is 1. The second kappa shape index (κ2) is 4.42. The lowest BCUT2D eigenvalue weighted by molar-refractivity contribution is 0.126. The lowest BCUT2D eigenvalue weighted by atomic mass is 10.1. The van der Waals surface area contributed by atoms with E-state index in [0.29, 0.717) is 24.7 Å². The van der Waals surface area contributed by atoms with Crippen molar-refractivity contribution in [2.24, 2.45) is 5.92 Å². The molecule has 2 aliphatic rings. The molecule has 0 aromatic rings. The van der Waals surface area contributed by atoms with Gasteiger partial charge in [0.15, 0.2) is 9.84 Å². The van der Waals surface area contributed by atoms with Crippen molar-refractivity contribution in [2.75, 3.05) is 12.4 Å². The number of hydrogen-bond acceptors (Lipinski definition) is 3. The third-order valence-electron chi connectivity index (χ3n) is 3.71. The molecule has 2 rings (SSSR count). The van der Waals surface area contributed by atoms with Crippen molar-refractivity contribution < 1.29 is 13.2 Å². The molecular weight excluding hydrogens is 212 g/mol. The van der Waals surface area contributed by atoms with Gasteiger partial charge in [0.1, 0.15) is 0 Å². The number of rotatable bonds is 3. The fourth-order valence-corrected chi connectivity index (χ4v) is 5.17. The van der Waals surface area contributed by atoms with Gasteiger partial charge in [-0.2, -0.15) is 0 Å². The van der Waals surface area contributed by atoms with Gasteiger partial charge in [0.05, 0.1) is 17.1 Å². The third kappa shape index (κ3) is 2.53. The molecule has 2 fully saturated rings. The summed E-state index contributed by atoms with van der Waals surface area (Å²) in [6, 6.07) is 0. The maximum atomic E-state index is 12.1. The van der Waals surface area contributed by atoms with Crippen LogP contribution in [0.15, 0.2) is 0 Å². The third-order valence-corrected chi connectivity index (χ3v) is 6.19. The van der Waals surface area contributed by atoms with Crippen molar-refractivity contribution in [3.05, 3.63) is 0 Å². The van der Waals surface area contributed by atoms with E-state index in [1.54, 1.807) is 0 Å². The second-order valence-electron chi connectivity index (χ2n) is 4.88. The molecule has 0 N–H and O–H groups in total. The molecule has 4 heteroatoms. The summed E-state index contributed by atoms with van der Waals surface area (Å²) >= 11 is 0. The molecule has 0 aromatic heterocycles. The van der Waals surface area contributed by atoms with Gasteiger partial charge in [0.25, 0.3) is 0 Å². The van der Waals surface area contributed by atoms with E-state index in [1.807, 2.05) is 6.92 Å². The van der Waals surface area contributed by atoms with E-state index in [0.717, 1.165) is 12.8 Å². The van der Waals surface area contributed by atoms with Crippen LogP contribution < -0.4 is 0 Å². The van der Waals surface area contributed by atoms with Crippen LogP contribution in [0.1, 0.15) is 39.0 Å². The smallest absolute Gasteiger partial charge is 0.156 e. The minimum atomic E-state index is -2.92. The topological polar surface area (TPSA) is 43.4 Å². The summed E-state index contributed by atoms with van der Waals surface area (Å²) in [6.07, 6.45) is 5.20. The minimum absolute atomic E-state index is 0.101. The van der Waals surface area contributed by atoms with Crippen molar-refractivity contribution in [3.63, 3.8) is 0 Å². The van der Waals surface area contributed by atoms with Gasteiger partial charge in [0, 0.05) is 6.61 Å². The first-order chi connectivity index (χ1) is 7.09. The summed E-state index contributed by atoms with van der Waals surface area (Å²) in [5, 5.41) is -0.238. The molecule has 1 heterocycles. The van der Waals surface area contributed by atoms with Crippen LogP contribution in [-0.2, 0) is 14.6 Å². The summed E-state index contributed by atoms with van der Waals surface area (Å²) in [6.45, 7) is 2.49. The summed E-state index contributed by atoms with van der Waals surface area (Å²) < 4.78 is 29.6. The minimum Gasteiger partial charge on any atom is -0.377 e. The maximum absolute atomic E-state index is 12.1. The lowest BCUT2D eigenvalue weighted by Gasteiger charge is -2.17. The molecule has 0 amide bonds. The summed E-state index contributed by atoms with van der Waals surface area (Å²) in [5.41, 5.74) is 0. The molecule has 1 aliphatic heterocycles. The Morgan fingerprint density at radius 2 is 1.87 bits per heavy atom. The normalized spacial score (nSPS) is 33.7. The van der Waals surface area contributed by atoms with Crippen LogP contribution in [0.5, 0.6) is 0 Å². The van der Waals surface area contributed by atoms with Gasteiger partial charge in [-0.25, -0.2) is 8.42 Å². The van der Waals surface area contributed by atoms with Crippen LogP contribution in [0.4, 0.5) is 0 Å². The fraction of sp³-hybridized carbons (Fsp3) is 1.00. The average Bonchev–Trinajstić information content (AvgIpc) is 2.75. The molecule has 88 valence electrons. The maximum Gasteiger partial charge on any atom is 0.156 e. The van der Waals surface area contributed by atoms with E-state index >= 15 is 0 Å². The zero-order valence-corrected chi connectivity index (χ0v) is 10.1. The Labute approximate surface area is 92.1 Å². The van der Waals surface area contributed by atoms with Gasteiger partial charge < -0.3 is 4.74 Å². The molecule has 1 saturated heterocycles. The van der Waals surface area contributed by atoms with Gasteiger partial charge in [-0.15, -0.1) is 0 Å². The molecule has 0 radical (unpaired) electrons. The van der Waals surface area contributed by atoms with Gasteiger partial charge in [-0.3, -0.25) is 0 Å². The Hall–Kier alpha value is -0.0900. The first kappa shape index (κ1) is 11.4. The van der Waals surface area contributed by atoms with E-state index in [-0.39, 0.29) is 11.4 Å². The second-order valence-corrected chi connectivity index (χ2v) is 7.15. The Balaban J connectivity index is 1.99. The molecule has 0 spiro atoms. The van der Waals surface area contributed by atoms with Crippen LogP contribution >= 0.6 is 0 Å². The molecule has 3 nitrogen and oxygen atoms in total. The van der Waals surface area contributed by atoms with Crippen molar-refractivity contribution in [2.45, 2.75) is 50.4 Å². The quantitative estimate of drug-likeness (QED) is 0.745. The molecule has 1 saturated carbocycles. The number of hydrogen-bond donors (Lipinski definition) is 0.